The zero-order valence-corrected chi connectivity index (χ0v) is 12.9. The SMILES string of the molecule is c1ccc(COc2cc3c(NCC4CC4)nccc3cn2)cc1. The van der Waals surface area contributed by atoms with Crippen molar-refractivity contribution < 1.29 is 4.74 Å². The highest BCUT2D eigenvalue weighted by Gasteiger charge is 2.21. The molecular formula is C19H19N3O. The molecule has 0 amide bonds. The van der Waals surface area contributed by atoms with Crippen molar-refractivity contribution in [3.63, 3.8) is 0 Å². The number of aromatic nitrogens is 2. The average Bonchev–Trinajstić information content (AvgIpc) is 3.43. The molecule has 1 N–H and O–H groups in total. The fourth-order valence-electron chi connectivity index (χ4n) is 2.56. The lowest BCUT2D eigenvalue weighted by Crippen LogP contribution is -2.05. The van der Waals surface area contributed by atoms with Crippen molar-refractivity contribution in [1.29, 1.82) is 0 Å². The number of nitrogens with one attached hydrogen (secondary N) is 1. The van der Waals surface area contributed by atoms with Crippen molar-refractivity contribution >= 4 is 16.6 Å². The largest absolute Gasteiger partial charge is 0.473 e. The van der Waals surface area contributed by atoms with Gasteiger partial charge in [0.2, 0.25) is 5.88 Å². The van der Waals surface area contributed by atoms with Crippen LogP contribution in [0.2, 0.25) is 0 Å². The number of hydrogen-bond donors (Lipinski definition) is 1. The van der Waals surface area contributed by atoms with Gasteiger partial charge in [-0.2, -0.15) is 0 Å². The number of ether oxygens (including phenoxy) is 1. The van der Waals surface area contributed by atoms with Crippen molar-refractivity contribution in [2.75, 3.05) is 11.9 Å². The third-order valence-electron chi connectivity index (χ3n) is 4.11. The van der Waals surface area contributed by atoms with E-state index in [0.717, 1.165) is 34.6 Å². The Bertz CT molecular complexity index is 800. The van der Waals surface area contributed by atoms with E-state index >= 15 is 0 Å². The van der Waals surface area contributed by atoms with Gasteiger partial charge in [0, 0.05) is 35.8 Å². The first-order valence-corrected chi connectivity index (χ1v) is 8.04. The van der Waals surface area contributed by atoms with Gasteiger partial charge in [-0.05, 0) is 30.4 Å². The number of rotatable bonds is 6. The smallest absolute Gasteiger partial charge is 0.214 e. The van der Waals surface area contributed by atoms with Crippen molar-refractivity contribution in [1.82, 2.24) is 9.97 Å². The van der Waals surface area contributed by atoms with E-state index in [1.807, 2.05) is 54.9 Å². The lowest BCUT2D eigenvalue weighted by atomic mass is 10.2. The van der Waals surface area contributed by atoms with E-state index in [9.17, 15) is 0 Å². The van der Waals surface area contributed by atoms with Gasteiger partial charge >= 0.3 is 0 Å². The molecule has 116 valence electrons. The van der Waals surface area contributed by atoms with Gasteiger partial charge in [-0.3, -0.25) is 0 Å². The number of fused-ring (bicyclic) bond motifs is 1. The maximum Gasteiger partial charge on any atom is 0.214 e. The van der Waals surface area contributed by atoms with Gasteiger partial charge in [0.15, 0.2) is 0 Å². The molecule has 0 unspecified atom stereocenters. The van der Waals surface area contributed by atoms with Crippen LogP contribution in [0.3, 0.4) is 0 Å². The molecule has 4 nitrogen and oxygen atoms in total. The normalized spacial score (nSPS) is 13.9. The summed E-state index contributed by atoms with van der Waals surface area (Å²) >= 11 is 0. The molecule has 4 heteroatoms. The van der Waals surface area contributed by atoms with Crippen LogP contribution in [0.4, 0.5) is 5.82 Å². The first kappa shape index (κ1) is 14.0. The summed E-state index contributed by atoms with van der Waals surface area (Å²) in [7, 11) is 0. The second kappa shape index (κ2) is 6.24. The van der Waals surface area contributed by atoms with Gasteiger partial charge in [-0.1, -0.05) is 30.3 Å². The molecule has 1 aromatic carbocycles. The molecule has 2 aromatic heterocycles. The lowest BCUT2D eigenvalue weighted by Gasteiger charge is -2.10. The molecule has 3 aromatic rings. The third kappa shape index (κ3) is 3.42. The summed E-state index contributed by atoms with van der Waals surface area (Å²) in [4.78, 5) is 8.86. The van der Waals surface area contributed by atoms with Gasteiger partial charge < -0.3 is 10.1 Å². The monoisotopic (exact) mass is 305 g/mol. The molecule has 23 heavy (non-hydrogen) atoms. The second-order valence-corrected chi connectivity index (χ2v) is 6.00. The van der Waals surface area contributed by atoms with Crippen molar-refractivity contribution in [2.45, 2.75) is 19.4 Å². The number of nitrogens with zero attached hydrogens (tertiary/aromatic N) is 2. The zero-order valence-electron chi connectivity index (χ0n) is 12.9. The van der Waals surface area contributed by atoms with E-state index in [4.69, 9.17) is 4.74 Å². The fourth-order valence-corrected chi connectivity index (χ4v) is 2.56. The number of hydrogen-bond acceptors (Lipinski definition) is 4. The molecule has 1 aliphatic carbocycles. The maximum absolute atomic E-state index is 5.83. The molecule has 1 saturated carbocycles. The summed E-state index contributed by atoms with van der Waals surface area (Å²) in [6.45, 7) is 1.51. The topological polar surface area (TPSA) is 47.0 Å². The van der Waals surface area contributed by atoms with Gasteiger partial charge in [0.25, 0.3) is 0 Å². The van der Waals surface area contributed by atoms with Crippen LogP contribution in [0.25, 0.3) is 10.8 Å². The molecule has 0 atom stereocenters. The Balaban J connectivity index is 1.54. The van der Waals surface area contributed by atoms with E-state index in [1.165, 1.54) is 12.8 Å². The van der Waals surface area contributed by atoms with E-state index in [-0.39, 0.29) is 0 Å². The number of benzene rings is 1. The highest BCUT2D eigenvalue weighted by molar-refractivity contribution is 5.91. The maximum atomic E-state index is 5.83. The minimum absolute atomic E-state index is 0.518. The van der Waals surface area contributed by atoms with E-state index in [0.29, 0.717) is 12.5 Å². The van der Waals surface area contributed by atoms with Gasteiger partial charge in [-0.25, -0.2) is 9.97 Å². The van der Waals surface area contributed by atoms with Crippen LogP contribution in [0.5, 0.6) is 5.88 Å². The van der Waals surface area contributed by atoms with Crippen LogP contribution in [0.15, 0.2) is 54.9 Å². The minimum Gasteiger partial charge on any atom is -0.473 e. The molecule has 1 fully saturated rings. The molecular weight excluding hydrogens is 286 g/mol. The van der Waals surface area contributed by atoms with Gasteiger partial charge in [-0.15, -0.1) is 0 Å². The van der Waals surface area contributed by atoms with Crippen molar-refractivity contribution in [2.24, 2.45) is 5.92 Å². The van der Waals surface area contributed by atoms with Crippen molar-refractivity contribution in [3.8, 4) is 5.88 Å². The van der Waals surface area contributed by atoms with Gasteiger partial charge in [0.1, 0.15) is 12.4 Å². The molecule has 0 aliphatic heterocycles. The Morgan fingerprint density at radius 1 is 1.09 bits per heavy atom. The third-order valence-corrected chi connectivity index (χ3v) is 4.11. The first-order valence-electron chi connectivity index (χ1n) is 8.04. The van der Waals surface area contributed by atoms with Crippen LogP contribution >= 0.6 is 0 Å². The number of anilines is 1. The highest BCUT2D eigenvalue weighted by Crippen LogP contribution is 2.30. The fraction of sp³-hybridized carbons (Fsp3) is 0.263. The number of pyridine rings is 2. The lowest BCUT2D eigenvalue weighted by molar-refractivity contribution is 0.294. The van der Waals surface area contributed by atoms with E-state index in [1.54, 1.807) is 0 Å². The summed E-state index contributed by atoms with van der Waals surface area (Å²) in [6.07, 6.45) is 6.32. The summed E-state index contributed by atoms with van der Waals surface area (Å²) in [5, 5.41) is 5.59. The molecule has 0 bridgehead atoms. The van der Waals surface area contributed by atoms with E-state index < -0.39 is 0 Å². The van der Waals surface area contributed by atoms with Crippen molar-refractivity contribution in [3.05, 3.63) is 60.4 Å². The molecule has 0 saturated heterocycles. The van der Waals surface area contributed by atoms with Crippen LogP contribution in [-0.4, -0.2) is 16.5 Å². The highest BCUT2D eigenvalue weighted by atomic mass is 16.5. The molecule has 4 rings (SSSR count). The summed E-state index contributed by atoms with van der Waals surface area (Å²) in [5.74, 6) is 2.35. The second-order valence-electron chi connectivity index (χ2n) is 6.00. The van der Waals surface area contributed by atoms with Crippen LogP contribution < -0.4 is 10.1 Å². The Morgan fingerprint density at radius 3 is 2.78 bits per heavy atom. The minimum atomic E-state index is 0.518. The Kier molecular flexibility index (Phi) is 3.80. The Labute approximate surface area is 135 Å². The predicted octanol–water partition coefficient (Wildman–Crippen LogP) is 4.03. The molecule has 0 radical (unpaired) electrons. The van der Waals surface area contributed by atoms with Gasteiger partial charge in [0.05, 0.1) is 0 Å². The standard InChI is InChI=1S/C19H19N3O/c1-2-4-15(5-3-1)13-23-18-10-17-16(12-21-18)8-9-20-19(17)22-11-14-6-7-14/h1-5,8-10,12,14H,6-7,11,13H2,(H,20,22). The molecule has 2 heterocycles. The molecule has 1 aliphatic rings. The zero-order chi connectivity index (χ0) is 15.5. The Hall–Kier alpha value is -2.62. The van der Waals surface area contributed by atoms with Crippen LogP contribution in [0.1, 0.15) is 18.4 Å². The average molecular weight is 305 g/mol. The Morgan fingerprint density at radius 2 is 1.96 bits per heavy atom. The summed E-state index contributed by atoms with van der Waals surface area (Å²) in [5.41, 5.74) is 1.13. The predicted molar refractivity (Wildman–Crippen MR) is 91.5 cm³/mol. The first-order chi connectivity index (χ1) is 11.4. The summed E-state index contributed by atoms with van der Waals surface area (Å²) < 4.78 is 5.83. The van der Waals surface area contributed by atoms with E-state index in [2.05, 4.69) is 15.3 Å². The quantitative estimate of drug-likeness (QED) is 0.747. The van der Waals surface area contributed by atoms with Crippen LogP contribution in [0, 0.1) is 5.92 Å². The van der Waals surface area contributed by atoms with Crippen LogP contribution in [-0.2, 0) is 6.61 Å². The summed E-state index contributed by atoms with van der Waals surface area (Å²) in [6, 6.07) is 14.1. The molecule has 0 spiro atoms.